The summed E-state index contributed by atoms with van der Waals surface area (Å²) in [7, 11) is 0. The summed E-state index contributed by atoms with van der Waals surface area (Å²) in [4.78, 5) is 0. The molecule has 0 aliphatic carbocycles. The first kappa shape index (κ1) is 7.92. The summed E-state index contributed by atoms with van der Waals surface area (Å²) in [6.07, 6.45) is 3.88. The van der Waals surface area contributed by atoms with Gasteiger partial charge in [0.15, 0.2) is 0 Å². The molecule has 0 aromatic heterocycles. The van der Waals surface area contributed by atoms with Crippen LogP contribution in [0.2, 0.25) is 0 Å². The van der Waals surface area contributed by atoms with Gasteiger partial charge in [-0.3, -0.25) is 0 Å². The summed E-state index contributed by atoms with van der Waals surface area (Å²) in [6, 6.07) is 0.228. The Balaban J connectivity index is 2.82. The fourth-order valence-corrected chi connectivity index (χ4v) is 0.954. The van der Waals surface area contributed by atoms with Gasteiger partial charge in [0.25, 0.3) is 0 Å². The van der Waals surface area contributed by atoms with Crippen LogP contribution in [0.4, 0.5) is 0 Å². The lowest BCUT2D eigenvalue weighted by Gasteiger charge is -2.21. The van der Waals surface area contributed by atoms with Crippen molar-refractivity contribution in [1.29, 1.82) is 0 Å². The predicted molar refractivity (Wildman–Crippen MR) is 47.8 cm³/mol. The number of nitrogens with one attached hydrogen (secondary N) is 1. The molecular formula is C9H14N2. The zero-order chi connectivity index (χ0) is 8.43. The van der Waals surface area contributed by atoms with E-state index in [1.54, 1.807) is 0 Å². The van der Waals surface area contributed by atoms with Gasteiger partial charge in [0.1, 0.15) is 0 Å². The highest BCUT2D eigenvalue weighted by Crippen LogP contribution is 2.11. The van der Waals surface area contributed by atoms with E-state index in [1.807, 2.05) is 26.0 Å². The molecule has 0 saturated heterocycles. The van der Waals surface area contributed by atoms with Gasteiger partial charge in [-0.25, -0.2) is 0 Å². The normalized spacial score (nSPS) is 23.3. The molecule has 3 N–H and O–H groups in total. The maximum absolute atomic E-state index is 5.66. The van der Waals surface area contributed by atoms with E-state index >= 15 is 0 Å². The first-order valence-corrected chi connectivity index (χ1v) is 3.71. The van der Waals surface area contributed by atoms with Crippen molar-refractivity contribution in [3.05, 3.63) is 35.7 Å². The van der Waals surface area contributed by atoms with Crippen LogP contribution in [0.3, 0.4) is 0 Å². The van der Waals surface area contributed by atoms with Gasteiger partial charge in [-0.15, -0.1) is 0 Å². The van der Waals surface area contributed by atoms with E-state index in [1.165, 1.54) is 0 Å². The van der Waals surface area contributed by atoms with Crippen LogP contribution in [0.5, 0.6) is 0 Å². The van der Waals surface area contributed by atoms with Crippen LogP contribution in [0.15, 0.2) is 35.7 Å². The molecule has 60 valence electrons. The van der Waals surface area contributed by atoms with Gasteiger partial charge in [0.05, 0.1) is 6.04 Å². The highest BCUT2D eigenvalue weighted by atomic mass is 15.0. The molecule has 1 rings (SSSR count). The molecule has 1 atom stereocenters. The summed E-state index contributed by atoms with van der Waals surface area (Å²) in [5.41, 5.74) is 8.65. The van der Waals surface area contributed by atoms with E-state index in [2.05, 4.69) is 11.9 Å². The molecule has 0 aromatic rings. The third-order valence-electron chi connectivity index (χ3n) is 1.77. The maximum atomic E-state index is 5.66. The zero-order valence-corrected chi connectivity index (χ0v) is 7.02. The second-order valence-electron chi connectivity index (χ2n) is 2.89. The number of dihydropyridines is 1. The van der Waals surface area contributed by atoms with Crippen molar-refractivity contribution in [3.63, 3.8) is 0 Å². The van der Waals surface area contributed by atoms with Crippen molar-refractivity contribution in [2.24, 2.45) is 5.73 Å². The van der Waals surface area contributed by atoms with Crippen LogP contribution in [0.25, 0.3) is 0 Å². The summed E-state index contributed by atoms with van der Waals surface area (Å²) in [5, 5.41) is 3.23. The molecule has 0 bridgehead atoms. The zero-order valence-electron chi connectivity index (χ0n) is 7.02. The Morgan fingerprint density at radius 1 is 1.64 bits per heavy atom. The minimum absolute atomic E-state index is 0.228. The lowest BCUT2D eigenvalue weighted by molar-refractivity contribution is 0.680. The Bertz CT molecular complexity index is 236. The first-order valence-electron chi connectivity index (χ1n) is 3.71. The quantitative estimate of drug-likeness (QED) is 0.591. The number of nitrogens with two attached hydrogens (primary N) is 1. The highest BCUT2D eigenvalue weighted by Gasteiger charge is 2.10. The third kappa shape index (κ3) is 1.64. The Kier molecular flexibility index (Phi) is 2.03. The van der Waals surface area contributed by atoms with Gasteiger partial charge in [-0.05, 0) is 31.6 Å². The van der Waals surface area contributed by atoms with Crippen molar-refractivity contribution in [2.45, 2.75) is 19.9 Å². The van der Waals surface area contributed by atoms with E-state index in [4.69, 9.17) is 5.73 Å². The Morgan fingerprint density at radius 2 is 2.27 bits per heavy atom. The Labute approximate surface area is 67.5 Å². The van der Waals surface area contributed by atoms with Crippen molar-refractivity contribution in [2.75, 3.05) is 0 Å². The standard InChI is InChI=1S/C9H14N2/c1-6(2)9-5-4-8(10)7(3)11-9/h4-5,7,11H,1,10H2,2-3H3. The minimum atomic E-state index is 0.228. The number of hydrogen-bond donors (Lipinski definition) is 2. The van der Waals surface area contributed by atoms with E-state index in [9.17, 15) is 0 Å². The van der Waals surface area contributed by atoms with Gasteiger partial charge in [0.2, 0.25) is 0 Å². The molecule has 11 heavy (non-hydrogen) atoms. The molecule has 2 heteroatoms. The van der Waals surface area contributed by atoms with Crippen molar-refractivity contribution in [3.8, 4) is 0 Å². The molecule has 0 amide bonds. The van der Waals surface area contributed by atoms with E-state index in [0.717, 1.165) is 17.0 Å². The van der Waals surface area contributed by atoms with E-state index in [0.29, 0.717) is 0 Å². The number of rotatable bonds is 1. The second kappa shape index (κ2) is 2.82. The number of allylic oxidation sites excluding steroid dienone is 3. The molecule has 1 unspecified atom stereocenters. The van der Waals surface area contributed by atoms with Crippen molar-refractivity contribution >= 4 is 0 Å². The van der Waals surface area contributed by atoms with Gasteiger partial charge in [0, 0.05) is 11.4 Å². The molecule has 0 spiro atoms. The molecule has 2 nitrogen and oxygen atoms in total. The van der Waals surface area contributed by atoms with Crippen LogP contribution in [-0.2, 0) is 0 Å². The van der Waals surface area contributed by atoms with Crippen LogP contribution in [0, 0.1) is 0 Å². The molecular weight excluding hydrogens is 136 g/mol. The SMILES string of the molecule is C=C(C)C1=CC=C(N)C(C)N1. The summed E-state index contributed by atoms with van der Waals surface area (Å²) >= 11 is 0. The summed E-state index contributed by atoms with van der Waals surface area (Å²) in [6.45, 7) is 7.84. The van der Waals surface area contributed by atoms with E-state index < -0.39 is 0 Å². The van der Waals surface area contributed by atoms with Crippen molar-refractivity contribution in [1.82, 2.24) is 5.32 Å². The fraction of sp³-hybridized carbons (Fsp3) is 0.333. The smallest absolute Gasteiger partial charge is 0.0629 e. The topological polar surface area (TPSA) is 38.0 Å². The Morgan fingerprint density at radius 3 is 2.73 bits per heavy atom. The molecule has 0 aromatic carbocycles. The van der Waals surface area contributed by atoms with Gasteiger partial charge in [-0.1, -0.05) is 6.58 Å². The van der Waals surface area contributed by atoms with Crippen LogP contribution in [0.1, 0.15) is 13.8 Å². The predicted octanol–water partition coefficient (Wildman–Crippen LogP) is 1.28. The fourth-order valence-electron chi connectivity index (χ4n) is 0.954. The summed E-state index contributed by atoms with van der Waals surface area (Å²) in [5.74, 6) is 0. The van der Waals surface area contributed by atoms with Crippen LogP contribution < -0.4 is 11.1 Å². The average Bonchev–Trinajstić information content (AvgIpc) is 1.94. The number of hydrogen-bond acceptors (Lipinski definition) is 2. The van der Waals surface area contributed by atoms with E-state index in [-0.39, 0.29) is 6.04 Å². The molecule has 0 fully saturated rings. The van der Waals surface area contributed by atoms with Crippen molar-refractivity contribution < 1.29 is 0 Å². The highest BCUT2D eigenvalue weighted by molar-refractivity contribution is 5.35. The maximum Gasteiger partial charge on any atom is 0.0629 e. The van der Waals surface area contributed by atoms with Gasteiger partial charge >= 0.3 is 0 Å². The second-order valence-corrected chi connectivity index (χ2v) is 2.89. The average molecular weight is 150 g/mol. The van der Waals surface area contributed by atoms with Crippen LogP contribution in [-0.4, -0.2) is 6.04 Å². The third-order valence-corrected chi connectivity index (χ3v) is 1.77. The van der Waals surface area contributed by atoms with Gasteiger partial charge in [-0.2, -0.15) is 0 Å². The van der Waals surface area contributed by atoms with Gasteiger partial charge < -0.3 is 11.1 Å². The lowest BCUT2D eigenvalue weighted by atomic mass is 10.1. The molecule has 1 aliphatic rings. The molecule has 1 heterocycles. The summed E-state index contributed by atoms with van der Waals surface area (Å²) < 4.78 is 0. The minimum Gasteiger partial charge on any atom is -0.400 e. The first-order chi connectivity index (χ1) is 5.11. The molecule has 0 radical (unpaired) electrons. The molecule has 1 aliphatic heterocycles. The largest absolute Gasteiger partial charge is 0.400 e. The van der Waals surface area contributed by atoms with Crippen LogP contribution >= 0.6 is 0 Å². The monoisotopic (exact) mass is 150 g/mol. The lowest BCUT2D eigenvalue weighted by Crippen LogP contribution is -2.33. The Hall–Kier alpha value is -1.18. The molecule has 0 saturated carbocycles.